The molecule has 1 aromatic rings. The number of benzene rings is 1. The van der Waals surface area contributed by atoms with Gasteiger partial charge in [-0.25, -0.2) is 4.79 Å². The monoisotopic (exact) mass is 379 g/mol. The van der Waals surface area contributed by atoms with Crippen LogP contribution in [-0.2, 0) is 20.8 Å². The molecule has 1 aliphatic rings. The number of nitrogens with zero attached hydrogens (tertiary/aromatic N) is 1. The molecule has 6 nitrogen and oxygen atoms in total. The Kier molecular flexibility index (Phi) is 7.65. The van der Waals surface area contributed by atoms with Crippen LogP contribution in [0.4, 0.5) is 4.79 Å². The van der Waals surface area contributed by atoms with Gasteiger partial charge in [0.25, 0.3) is 0 Å². The third-order valence-corrected chi connectivity index (χ3v) is 4.92. The fourth-order valence-corrected chi connectivity index (χ4v) is 3.28. The number of rotatable bonds is 9. The van der Waals surface area contributed by atoms with Crippen LogP contribution in [0.1, 0.15) is 47.1 Å². The molecule has 5 atom stereocenters. The van der Waals surface area contributed by atoms with Crippen LogP contribution in [0.3, 0.4) is 0 Å². The highest BCUT2D eigenvalue weighted by molar-refractivity contribution is 5.68. The Morgan fingerprint density at radius 1 is 1.11 bits per heavy atom. The minimum Gasteiger partial charge on any atom is -0.417 e. The van der Waals surface area contributed by atoms with Crippen molar-refractivity contribution in [3.63, 3.8) is 0 Å². The van der Waals surface area contributed by atoms with E-state index in [1.54, 1.807) is 4.90 Å². The number of hydrogen-bond donors (Lipinski definition) is 1. The summed E-state index contributed by atoms with van der Waals surface area (Å²) in [5, 5.41) is 10.6. The molecule has 6 heteroatoms. The summed E-state index contributed by atoms with van der Waals surface area (Å²) in [6.45, 7) is 12.0. The van der Waals surface area contributed by atoms with Gasteiger partial charge in [0.05, 0.1) is 18.8 Å². The molecule has 1 N–H and O–H groups in total. The number of carbonyl (C=O) groups is 1. The van der Waals surface area contributed by atoms with Crippen LogP contribution in [0.2, 0.25) is 0 Å². The van der Waals surface area contributed by atoms with Gasteiger partial charge in [0.1, 0.15) is 6.10 Å². The van der Waals surface area contributed by atoms with Gasteiger partial charge in [-0.1, -0.05) is 37.3 Å². The van der Waals surface area contributed by atoms with E-state index in [2.05, 4.69) is 0 Å². The number of amides is 1. The standard InChI is InChI=1S/C21H33NO5/c1-13(2)22(14(3)4)21(24)27-20-19(26-20)15(5)18(23)16(6)25-12-17-10-8-7-9-11-17/h7-11,13-16,18-20,23H,12H2,1-6H3/t15-,16+,18+,19-,20+/m1/s1. The summed E-state index contributed by atoms with van der Waals surface area (Å²) in [4.78, 5) is 14.0. The maximum Gasteiger partial charge on any atom is 0.412 e. The van der Waals surface area contributed by atoms with Crippen LogP contribution in [0.5, 0.6) is 0 Å². The molecule has 0 spiro atoms. The van der Waals surface area contributed by atoms with E-state index in [0.29, 0.717) is 6.61 Å². The Balaban J connectivity index is 1.80. The summed E-state index contributed by atoms with van der Waals surface area (Å²) >= 11 is 0. The first-order chi connectivity index (χ1) is 12.7. The minimum absolute atomic E-state index is 0.0455. The molecular weight excluding hydrogens is 346 g/mol. The molecule has 0 aliphatic carbocycles. The van der Waals surface area contributed by atoms with Gasteiger partial charge in [-0.2, -0.15) is 0 Å². The van der Waals surface area contributed by atoms with Gasteiger partial charge in [-0.3, -0.25) is 0 Å². The number of ether oxygens (including phenoxy) is 3. The molecule has 0 unspecified atom stereocenters. The van der Waals surface area contributed by atoms with E-state index in [-0.39, 0.29) is 36.3 Å². The second kappa shape index (κ2) is 9.53. The first-order valence-electron chi connectivity index (χ1n) is 9.70. The average Bonchev–Trinajstić information content (AvgIpc) is 3.37. The molecule has 1 saturated heterocycles. The molecule has 0 radical (unpaired) electrons. The zero-order valence-electron chi connectivity index (χ0n) is 17.2. The lowest BCUT2D eigenvalue weighted by Crippen LogP contribution is -2.43. The van der Waals surface area contributed by atoms with Crippen LogP contribution >= 0.6 is 0 Å². The molecule has 1 fully saturated rings. The molecule has 0 aromatic heterocycles. The van der Waals surface area contributed by atoms with E-state index in [9.17, 15) is 9.90 Å². The van der Waals surface area contributed by atoms with Crippen molar-refractivity contribution >= 4 is 6.09 Å². The van der Waals surface area contributed by atoms with Gasteiger partial charge < -0.3 is 24.2 Å². The molecule has 1 heterocycles. The summed E-state index contributed by atoms with van der Waals surface area (Å²) < 4.78 is 16.7. The lowest BCUT2D eigenvalue weighted by atomic mass is 9.97. The van der Waals surface area contributed by atoms with E-state index in [0.717, 1.165) is 5.56 Å². The fourth-order valence-electron chi connectivity index (χ4n) is 3.28. The van der Waals surface area contributed by atoms with E-state index >= 15 is 0 Å². The molecular formula is C21H33NO5. The molecule has 152 valence electrons. The maximum atomic E-state index is 12.3. The third kappa shape index (κ3) is 5.92. The van der Waals surface area contributed by atoms with Crippen LogP contribution in [0.25, 0.3) is 0 Å². The van der Waals surface area contributed by atoms with Crippen LogP contribution in [0, 0.1) is 5.92 Å². The first kappa shape index (κ1) is 21.7. The zero-order valence-corrected chi connectivity index (χ0v) is 17.2. The fraction of sp³-hybridized carbons (Fsp3) is 0.667. The normalized spacial score (nSPS) is 22.4. The highest BCUT2D eigenvalue weighted by atomic mass is 16.8. The van der Waals surface area contributed by atoms with E-state index in [4.69, 9.17) is 14.2 Å². The van der Waals surface area contributed by atoms with Gasteiger partial charge >= 0.3 is 6.09 Å². The smallest absolute Gasteiger partial charge is 0.412 e. The molecule has 2 rings (SSSR count). The van der Waals surface area contributed by atoms with E-state index < -0.39 is 12.4 Å². The molecule has 1 aromatic carbocycles. The average molecular weight is 379 g/mol. The quantitative estimate of drug-likeness (QED) is 0.664. The van der Waals surface area contributed by atoms with Crippen molar-refractivity contribution in [2.75, 3.05) is 0 Å². The van der Waals surface area contributed by atoms with Crippen LogP contribution < -0.4 is 0 Å². The Morgan fingerprint density at radius 2 is 1.70 bits per heavy atom. The Labute approximate surface area is 162 Å². The molecule has 0 saturated carbocycles. The van der Waals surface area contributed by atoms with E-state index in [1.165, 1.54) is 0 Å². The van der Waals surface area contributed by atoms with Crippen molar-refractivity contribution in [3.8, 4) is 0 Å². The van der Waals surface area contributed by atoms with Gasteiger partial charge in [-0.05, 0) is 40.2 Å². The largest absolute Gasteiger partial charge is 0.417 e. The molecule has 0 bridgehead atoms. The molecule has 1 aliphatic heterocycles. The lowest BCUT2D eigenvalue weighted by molar-refractivity contribution is -0.0608. The zero-order chi connectivity index (χ0) is 20.1. The number of epoxide rings is 1. The lowest BCUT2D eigenvalue weighted by Gasteiger charge is -2.29. The highest BCUT2D eigenvalue weighted by Crippen LogP contribution is 2.34. The van der Waals surface area contributed by atoms with Crippen molar-refractivity contribution in [1.82, 2.24) is 4.90 Å². The number of carbonyl (C=O) groups excluding carboxylic acids is 1. The van der Waals surface area contributed by atoms with Crippen molar-refractivity contribution in [3.05, 3.63) is 35.9 Å². The molecule has 1 amide bonds. The SMILES string of the molecule is CC(C)N(C(=O)O[C@@H]1O[C@@H]1[C@H](C)[C@H](O)[C@H](C)OCc1ccccc1)C(C)C. The van der Waals surface area contributed by atoms with Gasteiger partial charge in [0, 0.05) is 18.0 Å². The number of aliphatic hydroxyl groups excluding tert-OH is 1. The summed E-state index contributed by atoms with van der Waals surface area (Å²) in [7, 11) is 0. The van der Waals surface area contributed by atoms with Crippen molar-refractivity contribution in [2.24, 2.45) is 5.92 Å². The summed E-state index contributed by atoms with van der Waals surface area (Å²) in [5.41, 5.74) is 1.06. The predicted octanol–water partition coefficient (Wildman–Crippen LogP) is 3.57. The van der Waals surface area contributed by atoms with Crippen LogP contribution in [0.15, 0.2) is 30.3 Å². The summed E-state index contributed by atoms with van der Waals surface area (Å²) in [6.07, 6.45) is -2.38. The Bertz CT molecular complexity index is 583. The van der Waals surface area contributed by atoms with Gasteiger partial charge in [0.15, 0.2) is 0 Å². The van der Waals surface area contributed by atoms with Crippen molar-refractivity contribution in [1.29, 1.82) is 0 Å². The van der Waals surface area contributed by atoms with Crippen LogP contribution in [-0.4, -0.2) is 52.8 Å². The highest BCUT2D eigenvalue weighted by Gasteiger charge is 2.50. The maximum absolute atomic E-state index is 12.3. The second-order valence-electron chi connectivity index (χ2n) is 7.80. The van der Waals surface area contributed by atoms with Crippen molar-refractivity contribution < 1.29 is 24.1 Å². The first-order valence-corrected chi connectivity index (χ1v) is 9.70. The van der Waals surface area contributed by atoms with Crippen molar-refractivity contribution in [2.45, 2.75) is 84.8 Å². The summed E-state index contributed by atoms with van der Waals surface area (Å²) in [6, 6.07) is 9.92. The minimum atomic E-state index is -0.714. The molecule has 27 heavy (non-hydrogen) atoms. The summed E-state index contributed by atoms with van der Waals surface area (Å²) in [5.74, 6) is -0.208. The Morgan fingerprint density at radius 3 is 2.26 bits per heavy atom. The van der Waals surface area contributed by atoms with Gasteiger partial charge in [-0.15, -0.1) is 0 Å². The number of aliphatic hydroxyl groups is 1. The number of hydrogen-bond acceptors (Lipinski definition) is 5. The van der Waals surface area contributed by atoms with Gasteiger partial charge in [0.2, 0.25) is 6.29 Å². The Hall–Kier alpha value is -1.63. The second-order valence-corrected chi connectivity index (χ2v) is 7.80. The van der Waals surface area contributed by atoms with E-state index in [1.807, 2.05) is 71.9 Å². The third-order valence-electron chi connectivity index (χ3n) is 4.92. The topological polar surface area (TPSA) is 71.5 Å². The predicted molar refractivity (Wildman–Crippen MR) is 103 cm³/mol.